The van der Waals surface area contributed by atoms with E-state index >= 15 is 0 Å². The Bertz CT molecular complexity index is 612. The van der Waals surface area contributed by atoms with Gasteiger partial charge in [0.15, 0.2) is 0 Å². The third-order valence-corrected chi connectivity index (χ3v) is 5.85. The normalized spacial score (nSPS) is 31.4. The summed E-state index contributed by atoms with van der Waals surface area (Å²) in [6, 6.07) is 0.516. The smallest absolute Gasteiger partial charge is 0.223 e. The van der Waals surface area contributed by atoms with E-state index in [9.17, 15) is 4.79 Å². The maximum absolute atomic E-state index is 12.8. The van der Waals surface area contributed by atoms with Crippen LogP contribution in [0.5, 0.6) is 0 Å². The van der Waals surface area contributed by atoms with Crippen molar-refractivity contribution in [1.82, 2.24) is 20.0 Å². The molecule has 0 bridgehead atoms. The third-order valence-electron chi connectivity index (χ3n) is 5.85. The molecule has 24 heavy (non-hydrogen) atoms. The molecule has 0 saturated carbocycles. The molecule has 4 atom stereocenters. The van der Waals surface area contributed by atoms with Gasteiger partial charge in [0, 0.05) is 36.9 Å². The summed E-state index contributed by atoms with van der Waals surface area (Å²) in [4.78, 5) is 15.1. The van der Waals surface area contributed by atoms with E-state index in [0.717, 1.165) is 42.8 Å². The molecule has 1 N–H and O–H groups in total. The average molecular weight is 334 g/mol. The lowest BCUT2D eigenvalue weighted by molar-refractivity contribution is -0.128. The van der Waals surface area contributed by atoms with Crippen molar-refractivity contribution in [2.45, 2.75) is 58.2 Å². The molecular formula is C18H30N4O2. The maximum Gasteiger partial charge on any atom is 0.223 e. The number of carbonyl (C=O) groups excluding carboxylic acids is 1. The van der Waals surface area contributed by atoms with Gasteiger partial charge in [0.1, 0.15) is 6.10 Å². The molecule has 3 heterocycles. The Kier molecular flexibility index (Phi) is 4.97. The summed E-state index contributed by atoms with van der Waals surface area (Å²) in [5.41, 5.74) is 3.25. The number of ether oxygens (including phenoxy) is 1. The van der Waals surface area contributed by atoms with Crippen LogP contribution < -0.4 is 5.32 Å². The molecule has 6 heteroatoms. The van der Waals surface area contributed by atoms with Crippen molar-refractivity contribution in [2.75, 3.05) is 20.2 Å². The van der Waals surface area contributed by atoms with Crippen LogP contribution in [0.3, 0.4) is 0 Å². The monoisotopic (exact) mass is 334 g/mol. The standard InChI is InChI=1S/C18H30N4O2/c1-11-10-14(6-8-21(11)4)18(23)19-15-7-9-24-17(15)16-12(2)20-22(5)13(16)3/h11,14-15,17H,6-10H2,1-5H3,(H,19,23)/t11-,14-,15-,17-/m0/s1. The number of rotatable bonds is 3. The predicted molar refractivity (Wildman–Crippen MR) is 92.7 cm³/mol. The van der Waals surface area contributed by atoms with E-state index in [-0.39, 0.29) is 24.0 Å². The van der Waals surface area contributed by atoms with Gasteiger partial charge >= 0.3 is 0 Å². The lowest BCUT2D eigenvalue weighted by Crippen LogP contribution is -2.46. The van der Waals surface area contributed by atoms with Gasteiger partial charge in [0.25, 0.3) is 0 Å². The predicted octanol–water partition coefficient (Wildman–Crippen LogP) is 1.71. The first-order chi connectivity index (χ1) is 11.4. The summed E-state index contributed by atoms with van der Waals surface area (Å²) in [5, 5.41) is 7.77. The Morgan fingerprint density at radius 2 is 2.04 bits per heavy atom. The molecule has 0 spiro atoms. The molecule has 2 aliphatic heterocycles. The van der Waals surface area contributed by atoms with Crippen LogP contribution >= 0.6 is 0 Å². The van der Waals surface area contributed by atoms with Crippen LogP contribution in [0.2, 0.25) is 0 Å². The Hall–Kier alpha value is -1.40. The molecule has 2 aliphatic rings. The number of nitrogens with zero attached hydrogens (tertiary/aromatic N) is 3. The summed E-state index contributed by atoms with van der Waals surface area (Å²) < 4.78 is 7.87. The van der Waals surface area contributed by atoms with Crippen molar-refractivity contribution >= 4 is 5.91 Å². The van der Waals surface area contributed by atoms with Gasteiger partial charge < -0.3 is 15.0 Å². The molecule has 2 saturated heterocycles. The van der Waals surface area contributed by atoms with E-state index in [1.165, 1.54) is 0 Å². The SMILES string of the molecule is Cc1nn(C)c(C)c1[C@H]1OCC[C@@H]1NC(=O)[C@H]1CCN(C)[C@@H](C)C1. The highest BCUT2D eigenvalue weighted by molar-refractivity contribution is 5.79. The first-order valence-electron chi connectivity index (χ1n) is 9.00. The molecule has 2 fully saturated rings. The molecule has 0 aliphatic carbocycles. The molecule has 1 amide bonds. The van der Waals surface area contributed by atoms with E-state index in [4.69, 9.17) is 4.74 Å². The Morgan fingerprint density at radius 3 is 2.67 bits per heavy atom. The van der Waals surface area contributed by atoms with Gasteiger partial charge in [-0.3, -0.25) is 9.48 Å². The fraction of sp³-hybridized carbons (Fsp3) is 0.778. The lowest BCUT2D eigenvalue weighted by Gasteiger charge is -2.35. The van der Waals surface area contributed by atoms with Gasteiger partial charge in [-0.25, -0.2) is 0 Å². The number of piperidine rings is 1. The van der Waals surface area contributed by atoms with E-state index in [2.05, 4.69) is 36.2 Å². The van der Waals surface area contributed by atoms with Crippen LogP contribution in [0.25, 0.3) is 0 Å². The quantitative estimate of drug-likeness (QED) is 0.914. The zero-order valence-electron chi connectivity index (χ0n) is 15.5. The molecule has 1 aromatic heterocycles. The highest BCUT2D eigenvalue weighted by Gasteiger charge is 2.36. The first-order valence-corrected chi connectivity index (χ1v) is 9.00. The minimum absolute atomic E-state index is 0.0501. The molecule has 0 radical (unpaired) electrons. The fourth-order valence-corrected chi connectivity index (χ4v) is 4.05. The highest BCUT2D eigenvalue weighted by Crippen LogP contribution is 2.33. The summed E-state index contributed by atoms with van der Waals surface area (Å²) in [5.74, 6) is 0.309. The minimum Gasteiger partial charge on any atom is -0.371 e. The van der Waals surface area contributed by atoms with E-state index in [1.54, 1.807) is 0 Å². The molecular weight excluding hydrogens is 304 g/mol. The average Bonchev–Trinajstić information content (AvgIpc) is 3.07. The summed E-state index contributed by atoms with van der Waals surface area (Å²) in [6.45, 7) is 7.96. The van der Waals surface area contributed by atoms with Crippen molar-refractivity contribution < 1.29 is 9.53 Å². The van der Waals surface area contributed by atoms with Crippen molar-refractivity contribution in [3.8, 4) is 0 Å². The number of aryl methyl sites for hydroxylation is 2. The van der Waals surface area contributed by atoms with Crippen molar-refractivity contribution in [1.29, 1.82) is 0 Å². The number of hydrogen-bond donors (Lipinski definition) is 1. The van der Waals surface area contributed by atoms with Crippen molar-refractivity contribution in [3.05, 3.63) is 17.0 Å². The Morgan fingerprint density at radius 1 is 1.29 bits per heavy atom. The molecule has 0 unspecified atom stereocenters. The van der Waals surface area contributed by atoms with E-state index in [1.807, 2.05) is 18.7 Å². The van der Waals surface area contributed by atoms with E-state index < -0.39 is 0 Å². The summed E-state index contributed by atoms with van der Waals surface area (Å²) in [6.07, 6.45) is 2.67. The van der Waals surface area contributed by atoms with Gasteiger partial charge in [-0.05, 0) is 53.6 Å². The van der Waals surface area contributed by atoms with Crippen LogP contribution in [-0.4, -0.2) is 52.9 Å². The van der Waals surface area contributed by atoms with Crippen LogP contribution in [-0.2, 0) is 16.6 Å². The van der Waals surface area contributed by atoms with Gasteiger partial charge in [0.2, 0.25) is 5.91 Å². The van der Waals surface area contributed by atoms with Gasteiger partial charge in [-0.2, -0.15) is 5.10 Å². The number of hydrogen-bond acceptors (Lipinski definition) is 4. The lowest BCUT2D eigenvalue weighted by atomic mass is 9.90. The number of aromatic nitrogens is 2. The molecule has 6 nitrogen and oxygen atoms in total. The first kappa shape index (κ1) is 17.4. The molecule has 3 rings (SSSR count). The maximum atomic E-state index is 12.8. The molecule has 0 aromatic carbocycles. The third kappa shape index (κ3) is 3.22. The van der Waals surface area contributed by atoms with Crippen LogP contribution in [0.4, 0.5) is 0 Å². The van der Waals surface area contributed by atoms with Gasteiger partial charge in [0.05, 0.1) is 11.7 Å². The second kappa shape index (κ2) is 6.84. The second-order valence-electron chi connectivity index (χ2n) is 7.45. The largest absolute Gasteiger partial charge is 0.371 e. The van der Waals surface area contributed by atoms with Crippen LogP contribution in [0.1, 0.15) is 49.2 Å². The van der Waals surface area contributed by atoms with E-state index in [0.29, 0.717) is 12.6 Å². The highest BCUT2D eigenvalue weighted by atomic mass is 16.5. The molecule has 1 aromatic rings. The zero-order valence-corrected chi connectivity index (χ0v) is 15.5. The fourth-order valence-electron chi connectivity index (χ4n) is 4.05. The minimum atomic E-state index is -0.0775. The van der Waals surface area contributed by atoms with Gasteiger partial charge in [-0.15, -0.1) is 0 Å². The Balaban J connectivity index is 1.69. The number of amides is 1. The number of likely N-dealkylation sites (tertiary alicyclic amines) is 1. The molecule has 134 valence electrons. The van der Waals surface area contributed by atoms with Crippen molar-refractivity contribution in [2.24, 2.45) is 13.0 Å². The second-order valence-corrected chi connectivity index (χ2v) is 7.45. The number of carbonyl (C=O) groups is 1. The topological polar surface area (TPSA) is 59.4 Å². The van der Waals surface area contributed by atoms with Crippen molar-refractivity contribution in [3.63, 3.8) is 0 Å². The zero-order chi connectivity index (χ0) is 17.4. The number of nitrogens with one attached hydrogen (secondary N) is 1. The van der Waals surface area contributed by atoms with Gasteiger partial charge in [-0.1, -0.05) is 0 Å². The van der Waals surface area contributed by atoms with Crippen LogP contribution in [0.15, 0.2) is 0 Å². The Labute approximate surface area is 144 Å². The summed E-state index contributed by atoms with van der Waals surface area (Å²) >= 11 is 0. The summed E-state index contributed by atoms with van der Waals surface area (Å²) in [7, 11) is 4.09. The van der Waals surface area contributed by atoms with Crippen LogP contribution in [0, 0.1) is 19.8 Å².